The standard InChI is InChI=1S/C22H29NO3/c1-17(16-23(5)21(2,3)4)26-20(24)22(25,18-12-8-6-9-13-18)19-14-10-7-11-15-19/h6-15,17,25H,16H2,1-5H3/t17-/m1/s1. The van der Waals surface area contributed by atoms with Crippen molar-refractivity contribution in [1.29, 1.82) is 0 Å². The number of hydrogen-bond acceptors (Lipinski definition) is 4. The smallest absolute Gasteiger partial charge is 0.348 e. The summed E-state index contributed by atoms with van der Waals surface area (Å²) in [5, 5.41) is 11.4. The third-order valence-electron chi connectivity index (χ3n) is 4.66. The zero-order valence-corrected chi connectivity index (χ0v) is 16.3. The van der Waals surface area contributed by atoms with Crippen LogP contribution in [0.1, 0.15) is 38.8 Å². The van der Waals surface area contributed by atoms with Crippen LogP contribution in [0, 0.1) is 0 Å². The molecule has 0 amide bonds. The molecule has 0 bridgehead atoms. The molecule has 1 N–H and O–H groups in total. The second kappa shape index (κ2) is 8.02. The van der Waals surface area contributed by atoms with Crippen molar-refractivity contribution in [3.63, 3.8) is 0 Å². The molecule has 0 saturated heterocycles. The number of rotatable bonds is 6. The number of ether oxygens (including phenoxy) is 1. The fraction of sp³-hybridized carbons (Fsp3) is 0.409. The first-order valence-corrected chi connectivity index (χ1v) is 8.91. The first-order chi connectivity index (χ1) is 12.2. The number of carbonyl (C=O) groups excluding carboxylic acids is 1. The fourth-order valence-electron chi connectivity index (χ4n) is 2.73. The van der Waals surface area contributed by atoms with Gasteiger partial charge in [-0.2, -0.15) is 0 Å². The molecule has 4 heteroatoms. The molecule has 0 fully saturated rings. The Labute approximate surface area is 156 Å². The number of likely N-dealkylation sites (N-methyl/N-ethyl adjacent to an activating group) is 1. The molecule has 0 aromatic heterocycles. The summed E-state index contributed by atoms with van der Waals surface area (Å²) in [5.74, 6) is -0.662. The van der Waals surface area contributed by atoms with Crippen LogP contribution in [0.15, 0.2) is 60.7 Å². The van der Waals surface area contributed by atoms with Gasteiger partial charge in [0.15, 0.2) is 0 Å². The van der Waals surface area contributed by atoms with Gasteiger partial charge in [-0.05, 0) is 45.9 Å². The summed E-state index contributed by atoms with van der Waals surface area (Å²) in [4.78, 5) is 15.1. The first kappa shape index (κ1) is 20.1. The average Bonchev–Trinajstić information content (AvgIpc) is 2.61. The number of hydrogen-bond donors (Lipinski definition) is 1. The van der Waals surface area contributed by atoms with Crippen LogP contribution in [0.5, 0.6) is 0 Å². The summed E-state index contributed by atoms with van der Waals surface area (Å²) in [6.45, 7) is 8.73. The highest BCUT2D eigenvalue weighted by atomic mass is 16.6. The normalized spacial score (nSPS) is 13.5. The van der Waals surface area contributed by atoms with E-state index in [0.29, 0.717) is 17.7 Å². The minimum atomic E-state index is -1.84. The lowest BCUT2D eigenvalue weighted by atomic mass is 9.86. The Kier molecular flexibility index (Phi) is 6.21. The van der Waals surface area contributed by atoms with Gasteiger partial charge < -0.3 is 9.84 Å². The van der Waals surface area contributed by atoms with Crippen molar-refractivity contribution in [3.05, 3.63) is 71.8 Å². The lowest BCUT2D eigenvalue weighted by Crippen LogP contribution is -2.45. The molecule has 26 heavy (non-hydrogen) atoms. The Bertz CT molecular complexity index is 668. The largest absolute Gasteiger partial charge is 0.459 e. The zero-order chi connectivity index (χ0) is 19.4. The summed E-state index contributed by atoms with van der Waals surface area (Å²) in [7, 11) is 1.99. The number of carbonyl (C=O) groups is 1. The molecule has 140 valence electrons. The topological polar surface area (TPSA) is 49.8 Å². The van der Waals surface area contributed by atoms with Gasteiger partial charge in [0.2, 0.25) is 5.60 Å². The second-order valence-corrected chi connectivity index (χ2v) is 7.71. The summed E-state index contributed by atoms with van der Waals surface area (Å²) < 4.78 is 5.66. The Balaban J connectivity index is 2.28. The van der Waals surface area contributed by atoms with Crippen molar-refractivity contribution in [3.8, 4) is 0 Å². The molecular weight excluding hydrogens is 326 g/mol. The highest BCUT2D eigenvalue weighted by molar-refractivity contribution is 5.85. The molecule has 0 aliphatic carbocycles. The van der Waals surface area contributed by atoms with Crippen molar-refractivity contribution in [2.45, 2.75) is 44.9 Å². The van der Waals surface area contributed by atoms with E-state index < -0.39 is 11.6 Å². The molecule has 0 aliphatic heterocycles. The fourth-order valence-corrected chi connectivity index (χ4v) is 2.73. The lowest BCUT2D eigenvalue weighted by Gasteiger charge is -2.35. The van der Waals surface area contributed by atoms with E-state index in [-0.39, 0.29) is 11.6 Å². The van der Waals surface area contributed by atoms with E-state index in [1.807, 2.05) is 26.1 Å². The summed E-state index contributed by atoms with van der Waals surface area (Å²) in [6.07, 6.45) is -0.356. The maximum atomic E-state index is 13.0. The molecule has 2 rings (SSSR count). The highest BCUT2D eigenvalue weighted by Gasteiger charge is 2.42. The van der Waals surface area contributed by atoms with Gasteiger partial charge in [-0.15, -0.1) is 0 Å². The van der Waals surface area contributed by atoms with Crippen LogP contribution in [0.2, 0.25) is 0 Å². The second-order valence-electron chi connectivity index (χ2n) is 7.71. The lowest BCUT2D eigenvalue weighted by molar-refractivity contribution is -0.168. The van der Waals surface area contributed by atoms with Crippen LogP contribution in [0.4, 0.5) is 0 Å². The summed E-state index contributed by atoms with van der Waals surface area (Å²) in [6, 6.07) is 17.8. The van der Waals surface area contributed by atoms with Gasteiger partial charge in [-0.3, -0.25) is 4.90 Å². The molecular formula is C22H29NO3. The monoisotopic (exact) mass is 355 g/mol. The summed E-state index contributed by atoms with van der Waals surface area (Å²) >= 11 is 0. The maximum Gasteiger partial charge on any atom is 0.348 e. The maximum absolute atomic E-state index is 13.0. The predicted octanol–water partition coefficient (Wildman–Crippen LogP) is 3.58. The molecule has 0 unspecified atom stereocenters. The molecule has 2 aromatic carbocycles. The molecule has 0 saturated carbocycles. The summed E-state index contributed by atoms with van der Waals surface area (Å²) in [5.41, 5.74) is -0.882. The van der Waals surface area contributed by atoms with Gasteiger partial charge in [-0.25, -0.2) is 4.79 Å². The van der Waals surface area contributed by atoms with Crippen LogP contribution < -0.4 is 0 Å². The minimum absolute atomic E-state index is 0.0319. The van der Waals surface area contributed by atoms with Gasteiger partial charge in [0.25, 0.3) is 0 Å². The van der Waals surface area contributed by atoms with Crippen LogP contribution >= 0.6 is 0 Å². The Morgan fingerprint density at radius 1 is 1.00 bits per heavy atom. The van der Waals surface area contributed by atoms with Crippen LogP contribution in [0.25, 0.3) is 0 Å². The molecule has 0 radical (unpaired) electrons. The van der Waals surface area contributed by atoms with Gasteiger partial charge in [-0.1, -0.05) is 60.7 Å². The molecule has 1 atom stereocenters. The van der Waals surface area contributed by atoms with Gasteiger partial charge in [0.1, 0.15) is 6.10 Å². The van der Waals surface area contributed by atoms with E-state index in [1.165, 1.54) is 0 Å². The highest BCUT2D eigenvalue weighted by Crippen LogP contribution is 2.31. The van der Waals surface area contributed by atoms with Crippen LogP contribution in [-0.4, -0.2) is 41.2 Å². The Morgan fingerprint density at radius 2 is 1.42 bits per heavy atom. The minimum Gasteiger partial charge on any atom is -0.459 e. The van der Waals surface area contributed by atoms with E-state index >= 15 is 0 Å². The molecule has 0 heterocycles. The van der Waals surface area contributed by atoms with Crippen molar-refractivity contribution in [2.75, 3.05) is 13.6 Å². The average molecular weight is 355 g/mol. The van der Waals surface area contributed by atoms with E-state index in [1.54, 1.807) is 48.5 Å². The third-order valence-corrected chi connectivity index (χ3v) is 4.66. The predicted molar refractivity (Wildman–Crippen MR) is 104 cm³/mol. The van der Waals surface area contributed by atoms with Crippen molar-refractivity contribution < 1.29 is 14.6 Å². The van der Waals surface area contributed by atoms with E-state index in [9.17, 15) is 9.90 Å². The van der Waals surface area contributed by atoms with E-state index in [4.69, 9.17) is 4.74 Å². The number of nitrogens with zero attached hydrogens (tertiary/aromatic N) is 1. The Morgan fingerprint density at radius 3 is 1.81 bits per heavy atom. The first-order valence-electron chi connectivity index (χ1n) is 8.91. The van der Waals surface area contributed by atoms with Crippen molar-refractivity contribution in [2.24, 2.45) is 0 Å². The van der Waals surface area contributed by atoms with E-state index in [2.05, 4.69) is 25.7 Å². The number of esters is 1. The quantitative estimate of drug-likeness (QED) is 0.805. The number of aliphatic hydroxyl groups is 1. The van der Waals surface area contributed by atoms with E-state index in [0.717, 1.165) is 0 Å². The van der Waals surface area contributed by atoms with Crippen LogP contribution in [-0.2, 0) is 15.1 Å². The Hall–Kier alpha value is -2.17. The molecule has 2 aromatic rings. The molecule has 0 spiro atoms. The van der Waals surface area contributed by atoms with Gasteiger partial charge >= 0.3 is 5.97 Å². The third kappa shape index (κ3) is 4.51. The molecule has 4 nitrogen and oxygen atoms in total. The van der Waals surface area contributed by atoms with Gasteiger partial charge in [0.05, 0.1) is 0 Å². The van der Waals surface area contributed by atoms with Gasteiger partial charge in [0, 0.05) is 12.1 Å². The zero-order valence-electron chi connectivity index (χ0n) is 16.3. The van der Waals surface area contributed by atoms with Crippen LogP contribution in [0.3, 0.4) is 0 Å². The molecule has 0 aliphatic rings. The van der Waals surface area contributed by atoms with Crippen molar-refractivity contribution in [1.82, 2.24) is 4.90 Å². The number of benzene rings is 2. The SMILES string of the molecule is C[C@H](CN(C)C(C)(C)C)OC(=O)C(O)(c1ccccc1)c1ccccc1. The van der Waals surface area contributed by atoms with Crippen molar-refractivity contribution >= 4 is 5.97 Å².